The molecule has 1 unspecified atom stereocenters. The van der Waals surface area contributed by atoms with Gasteiger partial charge in [-0.25, -0.2) is 0 Å². The van der Waals surface area contributed by atoms with Crippen molar-refractivity contribution in [3.05, 3.63) is 0 Å². The van der Waals surface area contributed by atoms with Crippen molar-refractivity contribution in [3.63, 3.8) is 0 Å². The van der Waals surface area contributed by atoms with E-state index in [-0.39, 0.29) is 5.41 Å². The van der Waals surface area contributed by atoms with Crippen LogP contribution in [0.2, 0.25) is 0 Å². The third kappa shape index (κ3) is 4.32. The van der Waals surface area contributed by atoms with Crippen LogP contribution in [0.4, 0.5) is 13.2 Å². The summed E-state index contributed by atoms with van der Waals surface area (Å²) in [7, 11) is 0. The van der Waals surface area contributed by atoms with Crippen molar-refractivity contribution in [2.24, 2.45) is 5.41 Å². The maximum absolute atomic E-state index is 12.1. The van der Waals surface area contributed by atoms with Gasteiger partial charge in [-0.2, -0.15) is 13.2 Å². The molecular formula is C12H22F3N. The highest BCUT2D eigenvalue weighted by Gasteiger charge is 2.34. The Morgan fingerprint density at radius 1 is 1.25 bits per heavy atom. The first-order valence-corrected chi connectivity index (χ1v) is 6.17. The zero-order chi connectivity index (χ0) is 12.2. The lowest BCUT2D eigenvalue weighted by atomic mass is 9.83. The molecule has 1 aliphatic rings. The summed E-state index contributed by atoms with van der Waals surface area (Å²) in [5, 5.41) is 3.05. The Hall–Kier alpha value is -0.250. The summed E-state index contributed by atoms with van der Waals surface area (Å²) in [5.74, 6) is 0. The molecule has 1 fully saturated rings. The summed E-state index contributed by atoms with van der Waals surface area (Å²) in [6.07, 6.45) is 1.06. The first-order valence-electron chi connectivity index (χ1n) is 6.17. The quantitative estimate of drug-likeness (QED) is 0.765. The molecule has 0 aromatic carbocycles. The topological polar surface area (TPSA) is 12.0 Å². The first kappa shape index (κ1) is 13.8. The van der Waals surface area contributed by atoms with Crippen molar-refractivity contribution in [1.82, 2.24) is 5.32 Å². The van der Waals surface area contributed by atoms with E-state index in [0.29, 0.717) is 0 Å². The van der Waals surface area contributed by atoms with E-state index in [0.717, 1.165) is 25.8 Å². The number of hydrogen-bond acceptors (Lipinski definition) is 1. The second kappa shape index (κ2) is 5.39. The minimum Gasteiger partial charge on any atom is -0.313 e. The lowest BCUT2D eigenvalue weighted by Crippen LogP contribution is -2.39. The van der Waals surface area contributed by atoms with Gasteiger partial charge in [0.2, 0.25) is 0 Å². The molecule has 0 bridgehead atoms. The zero-order valence-corrected chi connectivity index (χ0v) is 10.2. The summed E-state index contributed by atoms with van der Waals surface area (Å²) in [6.45, 7) is 4.49. The second-order valence-electron chi connectivity index (χ2n) is 5.16. The van der Waals surface area contributed by atoms with Crippen molar-refractivity contribution in [3.8, 4) is 0 Å². The molecule has 4 heteroatoms. The van der Waals surface area contributed by atoms with Crippen LogP contribution in [0.25, 0.3) is 0 Å². The van der Waals surface area contributed by atoms with E-state index in [1.165, 1.54) is 12.8 Å². The molecular weight excluding hydrogens is 215 g/mol. The summed E-state index contributed by atoms with van der Waals surface area (Å²) >= 11 is 0. The zero-order valence-electron chi connectivity index (χ0n) is 10.2. The third-order valence-electron chi connectivity index (χ3n) is 3.78. The molecule has 1 saturated carbocycles. The molecule has 0 aromatic rings. The Morgan fingerprint density at radius 3 is 2.25 bits per heavy atom. The predicted octanol–water partition coefficient (Wildman–Crippen LogP) is 3.89. The lowest BCUT2D eigenvalue weighted by Gasteiger charge is -2.30. The molecule has 0 heterocycles. The van der Waals surface area contributed by atoms with Gasteiger partial charge in [0.25, 0.3) is 0 Å². The largest absolute Gasteiger partial charge is 0.390 e. The van der Waals surface area contributed by atoms with Crippen LogP contribution < -0.4 is 5.32 Å². The minimum atomic E-state index is -4.05. The Kier molecular flexibility index (Phi) is 4.65. The summed E-state index contributed by atoms with van der Waals surface area (Å²) < 4.78 is 36.4. The van der Waals surface area contributed by atoms with Crippen LogP contribution in [0.15, 0.2) is 0 Å². The number of nitrogens with one attached hydrogen (secondary N) is 1. The Labute approximate surface area is 95.8 Å². The molecule has 1 N–H and O–H groups in total. The van der Waals surface area contributed by atoms with Crippen LogP contribution in [0, 0.1) is 5.41 Å². The standard InChI is InChI=1S/C12H22F3N/c1-3-11(6-4-5-7-11)9-16-10(2)8-12(13,14)15/h10,16H,3-9H2,1-2H3. The molecule has 1 rings (SSSR count). The van der Waals surface area contributed by atoms with E-state index >= 15 is 0 Å². The highest BCUT2D eigenvalue weighted by atomic mass is 19.4. The van der Waals surface area contributed by atoms with E-state index in [4.69, 9.17) is 0 Å². The summed E-state index contributed by atoms with van der Waals surface area (Å²) in [5.41, 5.74) is 0.264. The van der Waals surface area contributed by atoms with Gasteiger partial charge in [0, 0.05) is 12.6 Å². The molecule has 0 aliphatic heterocycles. The van der Waals surface area contributed by atoms with Gasteiger partial charge in [0.1, 0.15) is 0 Å². The molecule has 0 amide bonds. The van der Waals surface area contributed by atoms with Crippen LogP contribution in [-0.4, -0.2) is 18.8 Å². The predicted molar refractivity (Wildman–Crippen MR) is 59.3 cm³/mol. The first-order chi connectivity index (χ1) is 7.37. The number of rotatable bonds is 5. The van der Waals surface area contributed by atoms with Gasteiger partial charge in [0.05, 0.1) is 6.42 Å². The summed E-state index contributed by atoms with van der Waals surface area (Å²) in [4.78, 5) is 0. The Bertz CT molecular complexity index is 207. The molecule has 0 spiro atoms. The molecule has 96 valence electrons. The SMILES string of the molecule is CCC1(CNC(C)CC(F)(F)F)CCCC1. The average Bonchev–Trinajstić information content (AvgIpc) is 2.61. The average molecular weight is 237 g/mol. The van der Waals surface area contributed by atoms with E-state index in [1.807, 2.05) is 0 Å². The normalized spacial score (nSPS) is 22.3. The van der Waals surface area contributed by atoms with E-state index in [1.54, 1.807) is 6.92 Å². The molecule has 16 heavy (non-hydrogen) atoms. The van der Waals surface area contributed by atoms with E-state index < -0.39 is 18.6 Å². The molecule has 0 saturated heterocycles. The van der Waals surface area contributed by atoms with Crippen LogP contribution in [0.5, 0.6) is 0 Å². The maximum Gasteiger partial charge on any atom is 0.390 e. The highest BCUT2D eigenvalue weighted by molar-refractivity contribution is 4.86. The van der Waals surface area contributed by atoms with Gasteiger partial charge in [-0.05, 0) is 31.6 Å². The molecule has 1 atom stereocenters. The molecule has 1 aliphatic carbocycles. The van der Waals surface area contributed by atoms with E-state index in [9.17, 15) is 13.2 Å². The number of alkyl halides is 3. The van der Waals surface area contributed by atoms with Crippen molar-refractivity contribution >= 4 is 0 Å². The van der Waals surface area contributed by atoms with Gasteiger partial charge in [-0.1, -0.05) is 19.8 Å². The van der Waals surface area contributed by atoms with Crippen LogP contribution in [0.3, 0.4) is 0 Å². The number of hydrogen-bond donors (Lipinski definition) is 1. The van der Waals surface area contributed by atoms with Crippen molar-refractivity contribution < 1.29 is 13.2 Å². The van der Waals surface area contributed by atoms with Gasteiger partial charge >= 0.3 is 6.18 Å². The fraction of sp³-hybridized carbons (Fsp3) is 1.00. The monoisotopic (exact) mass is 237 g/mol. The minimum absolute atomic E-state index is 0.264. The fourth-order valence-corrected chi connectivity index (χ4v) is 2.59. The van der Waals surface area contributed by atoms with Gasteiger partial charge < -0.3 is 5.32 Å². The summed E-state index contributed by atoms with van der Waals surface area (Å²) in [6, 6.07) is -0.468. The third-order valence-corrected chi connectivity index (χ3v) is 3.78. The Balaban J connectivity index is 2.32. The Morgan fingerprint density at radius 2 is 1.81 bits per heavy atom. The fourth-order valence-electron chi connectivity index (χ4n) is 2.59. The van der Waals surface area contributed by atoms with Gasteiger partial charge in [-0.3, -0.25) is 0 Å². The number of halogens is 3. The van der Waals surface area contributed by atoms with Crippen molar-refractivity contribution in [1.29, 1.82) is 0 Å². The van der Waals surface area contributed by atoms with Crippen LogP contribution in [0.1, 0.15) is 52.4 Å². The maximum atomic E-state index is 12.1. The van der Waals surface area contributed by atoms with Crippen molar-refractivity contribution in [2.75, 3.05) is 6.54 Å². The highest BCUT2D eigenvalue weighted by Crippen LogP contribution is 2.40. The molecule has 1 nitrogen and oxygen atoms in total. The molecule has 0 radical (unpaired) electrons. The molecule has 0 aromatic heterocycles. The second-order valence-corrected chi connectivity index (χ2v) is 5.16. The van der Waals surface area contributed by atoms with Gasteiger partial charge in [0.15, 0.2) is 0 Å². The van der Waals surface area contributed by atoms with Gasteiger partial charge in [-0.15, -0.1) is 0 Å². The van der Waals surface area contributed by atoms with Crippen molar-refractivity contribution in [2.45, 2.75) is 64.6 Å². The smallest absolute Gasteiger partial charge is 0.313 e. The van der Waals surface area contributed by atoms with Crippen LogP contribution >= 0.6 is 0 Å². The lowest BCUT2D eigenvalue weighted by molar-refractivity contribution is -0.139. The van der Waals surface area contributed by atoms with Crippen LogP contribution in [-0.2, 0) is 0 Å². The van der Waals surface area contributed by atoms with E-state index in [2.05, 4.69) is 12.2 Å².